The number of hydrogen-bond donors (Lipinski definition) is 2. The highest BCUT2D eigenvalue weighted by Gasteiger charge is 2.51. The van der Waals surface area contributed by atoms with Crippen LogP contribution in [0.1, 0.15) is 68.9 Å². The van der Waals surface area contributed by atoms with E-state index in [0.29, 0.717) is 18.4 Å². The van der Waals surface area contributed by atoms with Gasteiger partial charge in [-0.3, -0.25) is 0 Å². The van der Waals surface area contributed by atoms with Gasteiger partial charge in [0, 0.05) is 17.9 Å². The predicted molar refractivity (Wildman–Crippen MR) is 106 cm³/mol. The topological polar surface area (TPSA) is 67.8 Å². The monoisotopic (exact) mass is 385 g/mol. The molecule has 1 unspecified atom stereocenters. The predicted octanol–water partition coefficient (Wildman–Crippen LogP) is 4.62. The van der Waals surface area contributed by atoms with Crippen LogP contribution in [-0.2, 0) is 16.6 Å². The van der Waals surface area contributed by atoms with Crippen LogP contribution in [0.25, 0.3) is 0 Å². The normalized spacial score (nSPS) is 32.4. The number of ether oxygens (including phenoxy) is 2. The minimum absolute atomic E-state index is 0.276. The molecule has 5 heteroatoms. The Morgan fingerprint density at radius 2 is 2.11 bits per heavy atom. The first-order valence-corrected chi connectivity index (χ1v) is 11.1. The Labute approximate surface area is 166 Å². The largest absolute Gasteiger partial charge is 0.508 e. The van der Waals surface area contributed by atoms with Gasteiger partial charge in [-0.2, -0.15) is 0 Å². The van der Waals surface area contributed by atoms with Crippen LogP contribution in [0.4, 0.5) is 4.79 Å². The van der Waals surface area contributed by atoms with E-state index in [-0.39, 0.29) is 5.41 Å². The van der Waals surface area contributed by atoms with Crippen molar-refractivity contribution >= 4 is 6.16 Å². The van der Waals surface area contributed by atoms with Crippen molar-refractivity contribution < 1.29 is 19.4 Å². The Morgan fingerprint density at radius 1 is 1.21 bits per heavy atom. The lowest BCUT2D eigenvalue weighted by molar-refractivity contribution is -0.0709. The fourth-order valence-electron chi connectivity index (χ4n) is 6.36. The maximum Gasteiger partial charge on any atom is 0.508 e. The zero-order valence-corrected chi connectivity index (χ0v) is 16.5. The highest BCUT2D eigenvalue weighted by molar-refractivity contribution is 5.57. The Morgan fingerprint density at radius 3 is 2.89 bits per heavy atom. The highest BCUT2D eigenvalue weighted by Crippen LogP contribution is 2.54. The molecule has 2 saturated carbocycles. The zero-order chi connectivity index (χ0) is 19.1. The fraction of sp³-hybridized carbons (Fsp3) is 0.696. The van der Waals surface area contributed by atoms with Crippen molar-refractivity contribution in [3.63, 3.8) is 0 Å². The first kappa shape index (κ1) is 18.3. The van der Waals surface area contributed by atoms with E-state index in [0.717, 1.165) is 37.5 Å². The summed E-state index contributed by atoms with van der Waals surface area (Å²) in [5.74, 6) is 2.01. The molecule has 1 saturated heterocycles. The molecule has 1 aliphatic heterocycles. The van der Waals surface area contributed by atoms with Crippen LogP contribution in [-0.4, -0.2) is 30.1 Å². The summed E-state index contributed by atoms with van der Waals surface area (Å²) < 4.78 is 11.2. The third kappa shape index (κ3) is 3.18. The molecule has 0 amide bonds. The molecule has 1 heterocycles. The number of carbonyl (C=O) groups is 1. The lowest BCUT2D eigenvalue weighted by Crippen LogP contribution is -2.59. The average Bonchev–Trinajstić information content (AvgIpc) is 2.64. The molecule has 0 spiro atoms. The van der Waals surface area contributed by atoms with Crippen molar-refractivity contribution in [2.45, 2.75) is 82.0 Å². The number of hydrogen-bond acceptors (Lipinski definition) is 4. The van der Waals surface area contributed by atoms with Gasteiger partial charge in [0.1, 0.15) is 5.75 Å². The van der Waals surface area contributed by atoms with Crippen molar-refractivity contribution in [1.82, 2.24) is 5.32 Å². The molecule has 4 aliphatic rings. The van der Waals surface area contributed by atoms with Crippen LogP contribution in [0.3, 0.4) is 0 Å². The van der Waals surface area contributed by atoms with Crippen molar-refractivity contribution in [2.75, 3.05) is 6.54 Å². The van der Waals surface area contributed by atoms with Gasteiger partial charge in [-0.15, -0.1) is 0 Å². The van der Waals surface area contributed by atoms with E-state index in [9.17, 15) is 4.79 Å². The van der Waals surface area contributed by atoms with Gasteiger partial charge in [0.25, 0.3) is 0 Å². The Balaban J connectivity index is 1.42. The Bertz CT molecular complexity index is 742. The van der Waals surface area contributed by atoms with E-state index >= 15 is 0 Å². The second-order valence-electron chi connectivity index (χ2n) is 9.31. The second kappa shape index (κ2) is 7.25. The number of benzene rings is 1. The van der Waals surface area contributed by atoms with Crippen LogP contribution in [0, 0.1) is 11.8 Å². The lowest BCUT2D eigenvalue weighted by atomic mass is 9.53. The van der Waals surface area contributed by atoms with Crippen LogP contribution in [0.15, 0.2) is 18.2 Å². The first-order valence-electron chi connectivity index (χ1n) is 11.1. The summed E-state index contributed by atoms with van der Waals surface area (Å²) in [5, 5.41) is 12.9. The summed E-state index contributed by atoms with van der Waals surface area (Å²) in [6.45, 7) is 1.10. The van der Waals surface area contributed by atoms with Gasteiger partial charge in [-0.1, -0.05) is 38.2 Å². The van der Waals surface area contributed by atoms with Gasteiger partial charge in [0.15, 0.2) is 0 Å². The van der Waals surface area contributed by atoms with Crippen molar-refractivity contribution in [3.05, 3.63) is 29.3 Å². The van der Waals surface area contributed by atoms with E-state index in [1.165, 1.54) is 49.7 Å². The van der Waals surface area contributed by atoms with E-state index in [1.807, 2.05) is 6.07 Å². The summed E-state index contributed by atoms with van der Waals surface area (Å²) in [7, 11) is 0. The van der Waals surface area contributed by atoms with Gasteiger partial charge in [-0.25, -0.2) is 4.79 Å². The average molecular weight is 386 g/mol. The molecular weight excluding hydrogens is 354 g/mol. The highest BCUT2D eigenvalue weighted by atomic mass is 16.8. The minimum Gasteiger partial charge on any atom is -0.455 e. The van der Waals surface area contributed by atoms with Crippen LogP contribution in [0.2, 0.25) is 0 Å². The summed E-state index contributed by atoms with van der Waals surface area (Å²) in [5.41, 5.74) is 3.18. The van der Waals surface area contributed by atoms with Crippen LogP contribution < -0.4 is 10.1 Å². The number of fused-ring (bicyclic) bond motifs is 1. The molecule has 1 aromatic carbocycles. The molecule has 4 atom stereocenters. The molecule has 3 fully saturated rings. The second-order valence-corrected chi connectivity index (χ2v) is 9.31. The van der Waals surface area contributed by atoms with Gasteiger partial charge in [-0.05, 0) is 67.3 Å². The van der Waals surface area contributed by atoms with Crippen molar-refractivity contribution in [2.24, 2.45) is 11.8 Å². The van der Waals surface area contributed by atoms with Crippen molar-refractivity contribution in [1.29, 1.82) is 0 Å². The molecule has 1 aromatic rings. The van der Waals surface area contributed by atoms with Crippen LogP contribution >= 0.6 is 0 Å². The Hall–Kier alpha value is -1.75. The zero-order valence-electron chi connectivity index (χ0n) is 16.5. The summed E-state index contributed by atoms with van der Waals surface area (Å²) in [6.07, 6.45) is 9.73. The maximum absolute atomic E-state index is 11.1. The van der Waals surface area contributed by atoms with E-state index < -0.39 is 12.4 Å². The van der Waals surface area contributed by atoms with E-state index in [2.05, 4.69) is 17.4 Å². The summed E-state index contributed by atoms with van der Waals surface area (Å²) >= 11 is 0. The van der Waals surface area contributed by atoms with Gasteiger partial charge < -0.3 is 19.9 Å². The smallest absolute Gasteiger partial charge is 0.455 e. The van der Waals surface area contributed by atoms with E-state index in [1.54, 1.807) is 0 Å². The van der Waals surface area contributed by atoms with Gasteiger partial charge in [0.05, 0.1) is 0 Å². The molecule has 3 aliphatic carbocycles. The minimum atomic E-state index is -1.26. The lowest BCUT2D eigenvalue weighted by Gasteiger charge is -2.56. The number of rotatable bonds is 5. The number of nitrogens with one attached hydrogen (secondary N) is 1. The molecule has 2 bridgehead atoms. The Kier molecular flexibility index (Phi) is 4.74. The standard InChI is InChI=1S/C23H31NO4/c25-22(26)28-21(12-15-4-3-5-15)27-17-8-7-16-13-20-18-6-1-2-9-23(18,10-11-24-20)19(16)14-17/h7-8,14-15,18,20-21,24H,1-6,9-13H2,(H,25,26)/t18-,20+,21?,23+/m0/s1. The molecule has 0 aromatic heterocycles. The molecule has 28 heavy (non-hydrogen) atoms. The molecule has 0 radical (unpaired) electrons. The van der Waals surface area contributed by atoms with Crippen molar-refractivity contribution in [3.8, 4) is 5.75 Å². The fourth-order valence-corrected chi connectivity index (χ4v) is 6.36. The van der Waals surface area contributed by atoms with Gasteiger partial charge >= 0.3 is 6.16 Å². The molecule has 5 nitrogen and oxygen atoms in total. The summed E-state index contributed by atoms with van der Waals surface area (Å²) in [6, 6.07) is 7.04. The molecule has 2 N–H and O–H groups in total. The third-order valence-corrected chi connectivity index (χ3v) is 7.87. The SMILES string of the molecule is O=C(O)OC(CC1CCC1)Oc1ccc2c(c1)[C@@]13CCCC[C@H]1[C@@H](C2)NCC3. The molecule has 5 rings (SSSR count). The third-order valence-electron chi connectivity index (χ3n) is 7.87. The maximum atomic E-state index is 11.1. The number of piperidine rings is 1. The van der Waals surface area contributed by atoms with E-state index in [4.69, 9.17) is 14.6 Å². The first-order chi connectivity index (χ1) is 13.6. The van der Waals surface area contributed by atoms with Gasteiger partial charge in [0.2, 0.25) is 6.29 Å². The number of carboxylic acid groups (broad SMARTS) is 1. The molecule has 152 valence electrons. The summed E-state index contributed by atoms with van der Waals surface area (Å²) in [4.78, 5) is 11.1. The van der Waals surface area contributed by atoms with Crippen LogP contribution in [0.5, 0.6) is 5.75 Å². The molecular formula is C23H31NO4. The quantitative estimate of drug-likeness (QED) is 0.572.